The summed E-state index contributed by atoms with van der Waals surface area (Å²) in [4.78, 5) is 17.9. The van der Waals surface area contributed by atoms with E-state index in [0.717, 1.165) is 37.9 Å². The molecule has 0 bridgehead atoms. The largest absolute Gasteiger partial charge is 0.334 e. The Labute approximate surface area is 186 Å². The maximum Gasteiger partial charge on any atom is 0.254 e. The second kappa shape index (κ2) is 9.23. The fraction of sp³-hybridized carbons (Fsp3) is 0.393. The molecule has 2 fully saturated rings. The Morgan fingerprint density at radius 3 is 2.45 bits per heavy atom. The number of benzene rings is 2. The van der Waals surface area contributed by atoms with Crippen LogP contribution in [0.5, 0.6) is 0 Å². The first-order chi connectivity index (χ1) is 15.3. The fourth-order valence-corrected chi connectivity index (χ4v) is 5.33. The summed E-state index contributed by atoms with van der Waals surface area (Å²) >= 11 is 0. The van der Waals surface area contributed by atoms with Crippen LogP contribution in [0.4, 0.5) is 0 Å². The molecule has 0 saturated carbocycles. The van der Waals surface area contributed by atoms with Gasteiger partial charge in [0.15, 0.2) is 0 Å². The van der Waals surface area contributed by atoms with Crippen molar-refractivity contribution in [3.05, 3.63) is 89.5 Å². The molecule has 2 aromatic rings. The van der Waals surface area contributed by atoms with Gasteiger partial charge in [0.2, 0.25) is 0 Å². The van der Waals surface area contributed by atoms with Crippen LogP contribution in [-0.4, -0.2) is 47.9 Å². The number of carbonyl (C=O) groups is 1. The van der Waals surface area contributed by atoms with Crippen LogP contribution >= 0.6 is 0 Å². The zero-order valence-corrected chi connectivity index (χ0v) is 18.2. The van der Waals surface area contributed by atoms with E-state index in [1.807, 2.05) is 12.1 Å². The van der Waals surface area contributed by atoms with Crippen molar-refractivity contribution in [1.29, 1.82) is 0 Å². The summed E-state index contributed by atoms with van der Waals surface area (Å²) in [6.45, 7) is 4.33. The molecule has 3 aliphatic rings. The average Bonchev–Trinajstić information content (AvgIpc) is 3.52. The molecule has 160 valence electrons. The fourth-order valence-electron chi connectivity index (χ4n) is 5.33. The van der Waals surface area contributed by atoms with E-state index in [1.165, 1.54) is 42.6 Å². The third kappa shape index (κ3) is 4.52. The third-order valence-corrected chi connectivity index (χ3v) is 7.07. The van der Waals surface area contributed by atoms with Gasteiger partial charge >= 0.3 is 0 Å². The highest BCUT2D eigenvalue weighted by Gasteiger charge is 2.31. The van der Waals surface area contributed by atoms with Gasteiger partial charge in [-0.2, -0.15) is 0 Å². The molecule has 1 aliphatic carbocycles. The lowest BCUT2D eigenvalue weighted by Crippen LogP contribution is -2.42. The van der Waals surface area contributed by atoms with Crippen LogP contribution in [0.15, 0.2) is 72.8 Å². The first-order valence-corrected chi connectivity index (χ1v) is 11.8. The SMILES string of the molecule is O=C(c1ccc(C2=CC(c3ccccc3)CC=C2)cc1)N1CCCC1CN1CCCC1. The van der Waals surface area contributed by atoms with Crippen molar-refractivity contribution in [2.75, 3.05) is 26.2 Å². The maximum absolute atomic E-state index is 13.2. The van der Waals surface area contributed by atoms with Gasteiger partial charge in [0.25, 0.3) is 5.91 Å². The molecule has 2 saturated heterocycles. The van der Waals surface area contributed by atoms with Crippen LogP contribution in [0.25, 0.3) is 5.57 Å². The van der Waals surface area contributed by atoms with Crippen molar-refractivity contribution in [2.45, 2.75) is 44.1 Å². The highest BCUT2D eigenvalue weighted by atomic mass is 16.2. The average molecular weight is 413 g/mol. The van der Waals surface area contributed by atoms with Crippen LogP contribution in [-0.2, 0) is 0 Å². The Balaban J connectivity index is 1.28. The minimum atomic E-state index is 0.198. The number of carbonyl (C=O) groups excluding carboxylic acids is 1. The molecule has 3 nitrogen and oxygen atoms in total. The highest BCUT2D eigenvalue weighted by molar-refractivity contribution is 5.95. The number of rotatable bonds is 5. The van der Waals surface area contributed by atoms with Gasteiger partial charge in [-0.3, -0.25) is 4.79 Å². The number of nitrogens with zero attached hydrogens (tertiary/aromatic N) is 2. The minimum Gasteiger partial charge on any atom is -0.334 e. The quantitative estimate of drug-likeness (QED) is 0.646. The van der Waals surface area contributed by atoms with Gasteiger partial charge in [0, 0.05) is 30.6 Å². The summed E-state index contributed by atoms with van der Waals surface area (Å²) in [6.07, 6.45) is 12.7. The van der Waals surface area contributed by atoms with Crippen molar-refractivity contribution in [1.82, 2.24) is 9.80 Å². The van der Waals surface area contributed by atoms with Crippen molar-refractivity contribution >= 4 is 11.5 Å². The van der Waals surface area contributed by atoms with Crippen LogP contribution < -0.4 is 0 Å². The Hall–Kier alpha value is -2.65. The van der Waals surface area contributed by atoms with Gasteiger partial charge in [0.1, 0.15) is 0 Å². The Bertz CT molecular complexity index is 954. The first-order valence-electron chi connectivity index (χ1n) is 11.8. The number of amides is 1. The molecule has 2 aromatic carbocycles. The van der Waals surface area contributed by atoms with Gasteiger partial charge in [-0.25, -0.2) is 0 Å². The highest BCUT2D eigenvalue weighted by Crippen LogP contribution is 2.31. The molecule has 2 atom stereocenters. The van der Waals surface area contributed by atoms with Crippen LogP contribution in [0.3, 0.4) is 0 Å². The van der Waals surface area contributed by atoms with Crippen molar-refractivity contribution in [2.24, 2.45) is 0 Å². The van der Waals surface area contributed by atoms with E-state index in [9.17, 15) is 4.79 Å². The number of likely N-dealkylation sites (tertiary alicyclic amines) is 2. The van der Waals surface area contributed by atoms with Gasteiger partial charge < -0.3 is 9.80 Å². The lowest BCUT2D eigenvalue weighted by molar-refractivity contribution is 0.0709. The number of allylic oxidation sites excluding steroid dienone is 4. The summed E-state index contributed by atoms with van der Waals surface area (Å²) in [5, 5.41) is 0. The van der Waals surface area contributed by atoms with Gasteiger partial charge in [-0.15, -0.1) is 0 Å². The first kappa shape index (κ1) is 20.3. The smallest absolute Gasteiger partial charge is 0.254 e. The molecule has 5 rings (SSSR count). The van der Waals surface area contributed by atoms with Crippen molar-refractivity contribution in [3.8, 4) is 0 Å². The summed E-state index contributed by atoms with van der Waals surface area (Å²) in [6, 6.07) is 19.3. The second-order valence-corrected chi connectivity index (χ2v) is 9.16. The van der Waals surface area contributed by atoms with Crippen molar-refractivity contribution < 1.29 is 4.79 Å². The second-order valence-electron chi connectivity index (χ2n) is 9.16. The van der Waals surface area contributed by atoms with E-state index in [1.54, 1.807) is 0 Å². The maximum atomic E-state index is 13.2. The van der Waals surface area contributed by atoms with Gasteiger partial charge in [-0.05, 0) is 74.0 Å². The standard InChI is InChI=1S/C28H32N2O/c31-28(30-19-7-12-27(30)21-29-17-4-5-18-29)24-15-13-23(14-16-24)26-11-6-10-25(20-26)22-8-2-1-3-9-22/h1-3,6,8-9,11,13-16,20,25,27H,4-5,7,10,12,17-19,21H2. The predicted octanol–water partition coefficient (Wildman–Crippen LogP) is 5.51. The van der Waals surface area contributed by atoms with Crippen LogP contribution in [0.2, 0.25) is 0 Å². The van der Waals surface area contributed by atoms with Gasteiger partial charge in [0.05, 0.1) is 0 Å². The van der Waals surface area contributed by atoms with Crippen LogP contribution in [0.1, 0.15) is 59.5 Å². The molecule has 1 amide bonds. The molecule has 2 heterocycles. The summed E-state index contributed by atoms with van der Waals surface area (Å²) in [5.74, 6) is 0.613. The van der Waals surface area contributed by atoms with E-state index in [-0.39, 0.29) is 5.91 Å². The summed E-state index contributed by atoms with van der Waals surface area (Å²) in [5.41, 5.74) is 4.60. The van der Waals surface area contributed by atoms with Crippen molar-refractivity contribution in [3.63, 3.8) is 0 Å². The molecule has 31 heavy (non-hydrogen) atoms. The lowest BCUT2D eigenvalue weighted by atomic mass is 9.87. The Kier molecular flexibility index (Phi) is 6.04. The normalized spacial score (nSPS) is 23.9. The number of hydrogen-bond acceptors (Lipinski definition) is 2. The van der Waals surface area contributed by atoms with Gasteiger partial charge in [-0.1, -0.05) is 60.7 Å². The molecule has 0 spiro atoms. The number of hydrogen-bond donors (Lipinski definition) is 0. The van der Waals surface area contributed by atoms with E-state index in [2.05, 4.69) is 70.5 Å². The molecule has 3 heteroatoms. The Morgan fingerprint density at radius 1 is 0.903 bits per heavy atom. The monoisotopic (exact) mass is 412 g/mol. The molecule has 0 radical (unpaired) electrons. The van der Waals surface area contributed by atoms with E-state index < -0.39 is 0 Å². The summed E-state index contributed by atoms with van der Waals surface area (Å²) in [7, 11) is 0. The topological polar surface area (TPSA) is 23.6 Å². The summed E-state index contributed by atoms with van der Waals surface area (Å²) < 4.78 is 0. The third-order valence-electron chi connectivity index (χ3n) is 7.07. The molecular formula is C28H32N2O. The molecular weight excluding hydrogens is 380 g/mol. The molecule has 2 unspecified atom stereocenters. The molecule has 0 aromatic heterocycles. The Morgan fingerprint density at radius 2 is 1.68 bits per heavy atom. The van der Waals surface area contributed by atoms with Crippen LogP contribution in [0, 0.1) is 0 Å². The van der Waals surface area contributed by atoms with E-state index in [0.29, 0.717) is 12.0 Å². The van der Waals surface area contributed by atoms with E-state index in [4.69, 9.17) is 0 Å². The lowest BCUT2D eigenvalue weighted by Gasteiger charge is -2.28. The minimum absolute atomic E-state index is 0.198. The van der Waals surface area contributed by atoms with E-state index >= 15 is 0 Å². The molecule has 0 N–H and O–H groups in total. The predicted molar refractivity (Wildman–Crippen MR) is 127 cm³/mol. The molecule has 2 aliphatic heterocycles. The zero-order chi connectivity index (χ0) is 21.0. The zero-order valence-electron chi connectivity index (χ0n) is 18.2.